The van der Waals surface area contributed by atoms with Crippen molar-refractivity contribution in [3.63, 3.8) is 0 Å². The zero-order chi connectivity index (χ0) is 51.0. The van der Waals surface area contributed by atoms with Crippen LogP contribution in [0.25, 0.3) is 21.8 Å². The number of rotatable bonds is 14. The second-order valence-corrected chi connectivity index (χ2v) is 22.0. The first-order valence-corrected chi connectivity index (χ1v) is 26.9. The van der Waals surface area contributed by atoms with Gasteiger partial charge in [-0.15, -0.1) is 0 Å². The maximum Gasteiger partial charge on any atom is 0.339 e. The second kappa shape index (κ2) is 22.3. The number of carboxylic acids is 1. The lowest BCUT2D eigenvalue weighted by atomic mass is 9.84. The average molecular weight is 1010 g/mol. The number of amides is 2. The molecule has 0 bridgehead atoms. The third-order valence-corrected chi connectivity index (χ3v) is 15.1. The number of hydrogen-bond acceptors (Lipinski definition) is 15. The number of esters is 1. The molecule has 22 heteroatoms. The van der Waals surface area contributed by atoms with Crippen molar-refractivity contribution in [3.8, 4) is 0 Å². The molecule has 20 nitrogen and oxygen atoms in total. The van der Waals surface area contributed by atoms with Gasteiger partial charge in [-0.2, -0.15) is 0 Å². The summed E-state index contributed by atoms with van der Waals surface area (Å²) in [5.41, 5.74) is -0.152. The monoisotopic (exact) mass is 1010 g/mol. The van der Waals surface area contributed by atoms with E-state index in [-0.39, 0.29) is 66.2 Å². The topological polar surface area (TPSA) is 286 Å². The van der Waals surface area contributed by atoms with Gasteiger partial charge in [-0.3, -0.25) is 28.3 Å². The fourth-order valence-electron chi connectivity index (χ4n) is 9.03. The van der Waals surface area contributed by atoms with E-state index in [1.807, 2.05) is 0 Å². The third-order valence-electron chi connectivity index (χ3n) is 12.9. The van der Waals surface area contributed by atoms with E-state index in [0.717, 1.165) is 82.9 Å². The molecule has 3 N–H and O–H groups in total. The van der Waals surface area contributed by atoms with Crippen LogP contribution in [-0.2, 0) is 34.0 Å². The predicted molar refractivity (Wildman–Crippen MR) is 263 cm³/mol. The van der Waals surface area contributed by atoms with Gasteiger partial charge in [0, 0.05) is 24.9 Å². The summed E-state index contributed by atoms with van der Waals surface area (Å²) < 4.78 is 54.8. The number of sulfone groups is 2. The van der Waals surface area contributed by atoms with Crippen LogP contribution in [0.5, 0.6) is 0 Å². The van der Waals surface area contributed by atoms with E-state index >= 15 is 0 Å². The normalized spacial score (nSPS) is 15.5. The smallest absolute Gasteiger partial charge is 0.339 e. The average Bonchev–Trinajstić information content (AvgIpc) is 3.35. The maximum atomic E-state index is 13.4. The lowest BCUT2D eigenvalue weighted by Crippen LogP contribution is -2.35. The van der Waals surface area contributed by atoms with Crippen molar-refractivity contribution in [2.45, 2.75) is 98.9 Å². The minimum atomic E-state index is -3.47. The maximum absolute atomic E-state index is 13.4. The first-order chi connectivity index (χ1) is 33.8. The summed E-state index contributed by atoms with van der Waals surface area (Å²) in [5, 5.41) is 14.9. The number of hydrogen-bond donors (Lipinski definition) is 3. The van der Waals surface area contributed by atoms with Crippen molar-refractivity contribution in [1.82, 2.24) is 29.1 Å². The first-order valence-electron chi connectivity index (χ1n) is 23.1. The third kappa shape index (κ3) is 12.8. The van der Waals surface area contributed by atoms with Crippen LogP contribution >= 0.6 is 0 Å². The molecule has 2 aromatic carbocycles. The number of aromatic nitrogens is 6. The Morgan fingerprint density at radius 2 is 1.03 bits per heavy atom. The summed E-state index contributed by atoms with van der Waals surface area (Å²) >= 11 is 0. The first kappa shape index (κ1) is 51.6. The Morgan fingerprint density at radius 1 is 0.620 bits per heavy atom. The van der Waals surface area contributed by atoms with Crippen molar-refractivity contribution in [2.75, 3.05) is 30.3 Å². The van der Waals surface area contributed by atoms with Gasteiger partial charge in [0.1, 0.15) is 23.7 Å². The van der Waals surface area contributed by atoms with Crippen LogP contribution in [0.2, 0.25) is 0 Å². The number of nitrogens with zero attached hydrogens (tertiary/aromatic N) is 6. The SMILES string of the molecule is COC(=O)c1ccc(NC(=O)C(CC2CCCCC2)n2cnc3cc(S(C)(=O)=O)ccc3c2=O)nc1.CS(=O)(=O)c1ccc2c(=O)n(C(CC3CCCCC3)C(=O)Nc3ccc(C(=O)O)cn3)cnc2c1. The molecule has 2 fully saturated rings. The van der Waals surface area contributed by atoms with Gasteiger partial charge in [0.25, 0.3) is 11.1 Å². The van der Waals surface area contributed by atoms with Crippen LogP contribution in [-0.4, -0.2) is 94.4 Å². The molecule has 8 rings (SSSR count). The largest absolute Gasteiger partial charge is 0.478 e. The zero-order valence-electron chi connectivity index (χ0n) is 39.3. The van der Waals surface area contributed by atoms with E-state index in [0.29, 0.717) is 12.8 Å². The fraction of sp³-hybridized carbons (Fsp3) is 0.388. The van der Waals surface area contributed by atoms with Gasteiger partial charge in [-0.1, -0.05) is 64.2 Å². The second-order valence-electron chi connectivity index (χ2n) is 18.0. The lowest BCUT2D eigenvalue weighted by Gasteiger charge is -2.27. The molecule has 0 saturated heterocycles. The Labute approximate surface area is 408 Å². The molecular formula is C49H54N8O12S2. The molecule has 6 aromatic rings. The highest BCUT2D eigenvalue weighted by Gasteiger charge is 2.30. The Morgan fingerprint density at radius 3 is 1.38 bits per heavy atom. The highest BCUT2D eigenvalue weighted by Crippen LogP contribution is 2.33. The van der Waals surface area contributed by atoms with E-state index in [1.54, 1.807) is 0 Å². The van der Waals surface area contributed by atoms with Gasteiger partial charge in [0.15, 0.2) is 19.7 Å². The van der Waals surface area contributed by atoms with Crippen molar-refractivity contribution in [1.29, 1.82) is 0 Å². The van der Waals surface area contributed by atoms with Crippen LogP contribution in [0.4, 0.5) is 11.6 Å². The molecule has 2 aliphatic rings. The molecule has 4 heterocycles. The van der Waals surface area contributed by atoms with Crippen LogP contribution in [0.3, 0.4) is 0 Å². The van der Waals surface area contributed by atoms with Crippen LogP contribution in [0, 0.1) is 11.8 Å². The molecule has 2 saturated carbocycles. The van der Waals surface area contributed by atoms with E-state index in [9.17, 15) is 45.6 Å². The van der Waals surface area contributed by atoms with E-state index in [1.165, 1.54) is 95.8 Å². The number of fused-ring (bicyclic) bond motifs is 2. The summed E-state index contributed by atoms with van der Waals surface area (Å²) in [4.78, 5) is 93.1. The number of ether oxygens (including phenoxy) is 1. The van der Waals surface area contributed by atoms with Crippen LogP contribution in [0.1, 0.15) is 110 Å². The number of pyridine rings is 2. The van der Waals surface area contributed by atoms with Crippen LogP contribution < -0.4 is 21.8 Å². The highest BCUT2D eigenvalue weighted by molar-refractivity contribution is 7.91. The number of benzene rings is 2. The summed E-state index contributed by atoms with van der Waals surface area (Å²) in [5.74, 6) is -1.59. The minimum absolute atomic E-state index is 0.00911. The molecule has 4 aromatic heterocycles. The molecule has 0 radical (unpaired) electrons. The van der Waals surface area contributed by atoms with E-state index < -0.39 is 66.6 Å². The molecular weight excluding hydrogens is 957 g/mol. The van der Waals surface area contributed by atoms with Crippen molar-refractivity contribution >= 4 is 76.9 Å². The van der Waals surface area contributed by atoms with Crippen molar-refractivity contribution in [2.24, 2.45) is 11.8 Å². The summed E-state index contributed by atoms with van der Waals surface area (Å²) in [6.45, 7) is 0. The molecule has 2 amide bonds. The van der Waals surface area contributed by atoms with Crippen molar-refractivity contribution in [3.05, 3.63) is 118 Å². The molecule has 71 heavy (non-hydrogen) atoms. The summed E-state index contributed by atoms with van der Waals surface area (Å²) in [6, 6.07) is 12.3. The van der Waals surface area contributed by atoms with Gasteiger partial charge in [-0.05, 0) is 85.3 Å². The lowest BCUT2D eigenvalue weighted by molar-refractivity contribution is -0.120. The number of methoxy groups -OCH3 is 1. The Kier molecular flexibility index (Phi) is 16.2. The van der Waals surface area contributed by atoms with Crippen LogP contribution in [0.15, 0.2) is 105 Å². The number of aromatic carboxylic acids is 1. The number of carbonyl (C=O) groups excluding carboxylic acids is 3. The number of carbonyl (C=O) groups is 4. The molecule has 374 valence electrons. The highest BCUT2D eigenvalue weighted by atomic mass is 32.2. The van der Waals surface area contributed by atoms with Gasteiger partial charge in [0.05, 0.1) is 62.5 Å². The Balaban J connectivity index is 0.000000209. The zero-order valence-corrected chi connectivity index (χ0v) is 40.9. The fourth-order valence-corrected chi connectivity index (χ4v) is 10.3. The van der Waals surface area contributed by atoms with Gasteiger partial charge in [-0.25, -0.2) is 46.4 Å². The number of carboxylic acid groups (broad SMARTS) is 1. The van der Waals surface area contributed by atoms with Gasteiger partial charge in [0.2, 0.25) is 11.8 Å². The minimum Gasteiger partial charge on any atom is -0.478 e. The molecule has 2 aliphatic carbocycles. The standard InChI is InChI=1S/C25H28N4O6S.C24H26N4O6S/c1-35-25(32)17-8-11-22(26-14-17)28-23(30)21(12-16-6-4-3-5-7-16)29-15-27-20-13-18(36(2,33)34)9-10-19(20)24(29)31;1-35(33,34)17-8-9-18-19(12-17)26-14-28(23(18)30)20(11-15-5-3-2-4-6-15)22(29)27-21-10-7-16(13-25-21)24(31)32/h8-11,13-16,21H,3-7,12H2,1-2H3,(H,26,28,30);7-10,12-15,20H,2-6,11H2,1H3,(H,31,32)(H,25,27,29). The molecule has 0 aliphatic heterocycles. The molecule has 2 atom stereocenters. The van der Waals surface area contributed by atoms with Gasteiger partial charge < -0.3 is 20.5 Å². The molecule has 2 unspecified atom stereocenters. The Bertz CT molecular complexity index is 3310. The quantitative estimate of drug-likeness (QED) is 0.103. The summed E-state index contributed by atoms with van der Waals surface area (Å²) in [6.07, 6.45) is 18.6. The summed E-state index contributed by atoms with van der Waals surface area (Å²) in [7, 11) is -5.66. The number of nitrogens with one attached hydrogen (secondary N) is 2. The number of anilines is 2. The Hall–Kier alpha value is -7.20. The van der Waals surface area contributed by atoms with E-state index in [4.69, 9.17) is 5.11 Å². The van der Waals surface area contributed by atoms with Gasteiger partial charge >= 0.3 is 11.9 Å². The predicted octanol–water partition coefficient (Wildman–Crippen LogP) is 6.18. The molecule has 0 spiro atoms. The van der Waals surface area contributed by atoms with E-state index in [2.05, 4.69) is 35.3 Å². The van der Waals surface area contributed by atoms with Crippen molar-refractivity contribution < 1.29 is 45.9 Å².